The van der Waals surface area contributed by atoms with Crippen molar-refractivity contribution in [1.29, 1.82) is 0 Å². The van der Waals surface area contributed by atoms with Gasteiger partial charge in [0.15, 0.2) is 0 Å². The van der Waals surface area contributed by atoms with Crippen LogP contribution in [0.4, 0.5) is 9.18 Å². The molecule has 6 heteroatoms. The number of rotatable bonds is 6. The van der Waals surface area contributed by atoms with Crippen LogP contribution in [0.1, 0.15) is 16.7 Å². The van der Waals surface area contributed by atoms with Crippen molar-refractivity contribution in [3.63, 3.8) is 0 Å². The third-order valence-corrected chi connectivity index (χ3v) is 4.66. The van der Waals surface area contributed by atoms with Gasteiger partial charge in [0.2, 0.25) is 0 Å². The summed E-state index contributed by atoms with van der Waals surface area (Å²) in [5.41, 5.74) is 2.73. The number of carbonyl (C=O) groups is 2. The van der Waals surface area contributed by atoms with Crippen LogP contribution in [-0.4, -0.2) is 16.8 Å². The number of urea groups is 1. The number of nitrogens with one attached hydrogen (secondary N) is 1. The fraction of sp³-hybridized carbons (Fsp3) is 0.0833. The van der Waals surface area contributed by atoms with Crippen molar-refractivity contribution in [2.75, 3.05) is 0 Å². The summed E-state index contributed by atoms with van der Waals surface area (Å²) in [5, 5.41) is 2.62. The Morgan fingerprint density at radius 2 is 1.57 bits per heavy atom. The van der Waals surface area contributed by atoms with E-state index >= 15 is 0 Å². The Hall–Kier alpha value is -3.93. The van der Waals surface area contributed by atoms with E-state index in [1.807, 2.05) is 30.3 Å². The van der Waals surface area contributed by atoms with Crippen molar-refractivity contribution >= 4 is 18.0 Å². The molecule has 0 aromatic heterocycles. The number of hydrogen-bond acceptors (Lipinski definition) is 3. The number of amides is 3. The molecule has 0 atom stereocenters. The van der Waals surface area contributed by atoms with Crippen molar-refractivity contribution < 1.29 is 18.7 Å². The quantitative estimate of drug-likeness (QED) is 0.488. The van der Waals surface area contributed by atoms with Gasteiger partial charge in [0, 0.05) is 0 Å². The average molecular weight is 402 g/mol. The van der Waals surface area contributed by atoms with E-state index in [0.717, 1.165) is 16.7 Å². The van der Waals surface area contributed by atoms with Gasteiger partial charge in [-0.25, -0.2) is 9.18 Å². The molecule has 3 aromatic carbocycles. The smallest absolute Gasteiger partial charge is 0.329 e. The summed E-state index contributed by atoms with van der Waals surface area (Å²) in [5.74, 6) is 0.00137. The molecule has 1 aliphatic heterocycles. The molecule has 3 aromatic rings. The summed E-state index contributed by atoms with van der Waals surface area (Å²) in [7, 11) is 0. The van der Waals surface area contributed by atoms with Gasteiger partial charge in [0.1, 0.15) is 23.9 Å². The largest absolute Gasteiger partial charge is 0.489 e. The van der Waals surface area contributed by atoms with E-state index in [-0.39, 0.29) is 24.0 Å². The predicted molar refractivity (Wildman–Crippen MR) is 111 cm³/mol. The van der Waals surface area contributed by atoms with Gasteiger partial charge in [0.25, 0.3) is 5.91 Å². The highest BCUT2D eigenvalue weighted by Crippen LogP contribution is 2.19. The second kappa shape index (κ2) is 8.61. The van der Waals surface area contributed by atoms with Gasteiger partial charge < -0.3 is 10.1 Å². The molecule has 0 unspecified atom stereocenters. The molecule has 0 bridgehead atoms. The number of nitrogens with zero attached hydrogens (tertiary/aromatic N) is 1. The van der Waals surface area contributed by atoms with E-state index in [4.69, 9.17) is 4.74 Å². The van der Waals surface area contributed by atoms with Crippen LogP contribution in [0.5, 0.6) is 5.75 Å². The minimum absolute atomic E-state index is 0.221. The van der Waals surface area contributed by atoms with Crippen LogP contribution in [-0.2, 0) is 17.9 Å². The maximum atomic E-state index is 12.9. The SMILES string of the molecule is O=C1NC(=Cc2ccc(OCc3ccc(F)cc3)cc2)C(=O)N1Cc1ccccc1. The first-order chi connectivity index (χ1) is 14.6. The van der Waals surface area contributed by atoms with E-state index in [1.54, 1.807) is 42.5 Å². The Morgan fingerprint density at radius 3 is 2.27 bits per heavy atom. The van der Waals surface area contributed by atoms with Crippen molar-refractivity contribution in [1.82, 2.24) is 10.2 Å². The molecule has 1 N–H and O–H groups in total. The maximum Gasteiger partial charge on any atom is 0.329 e. The zero-order chi connectivity index (χ0) is 20.9. The summed E-state index contributed by atoms with van der Waals surface area (Å²) >= 11 is 0. The highest BCUT2D eigenvalue weighted by atomic mass is 19.1. The molecule has 4 rings (SSSR count). The highest BCUT2D eigenvalue weighted by Gasteiger charge is 2.33. The zero-order valence-electron chi connectivity index (χ0n) is 16.0. The first kappa shape index (κ1) is 19.4. The summed E-state index contributed by atoms with van der Waals surface area (Å²) < 4.78 is 18.6. The van der Waals surface area contributed by atoms with E-state index in [0.29, 0.717) is 12.4 Å². The molecule has 30 heavy (non-hydrogen) atoms. The van der Waals surface area contributed by atoms with E-state index in [1.165, 1.54) is 17.0 Å². The number of halogens is 1. The van der Waals surface area contributed by atoms with Gasteiger partial charge in [-0.05, 0) is 47.0 Å². The summed E-state index contributed by atoms with van der Waals surface area (Å²) in [6.45, 7) is 0.544. The molecule has 0 radical (unpaired) electrons. The summed E-state index contributed by atoms with van der Waals surface area (Å²) in [6, 6.07) is 22.2. The Morgan fingerprint density at radius 1 is 0.867 bits per heavy atom. The van der Waals surface area contributed by atoms with Crippen LogP contribution >= 0.6 is 0 Å². The van der Waals surface area contributed by atoms with Crippen LogP contribution in [0.3, 0.4) is 0 Å². The molecular formula is C24H19FN2O3. The Labute approximate surface area is 173 Å². The highest BCUT2D eigenvalue weighted by molar-refractivity contribution is 6.13. The summed E-state index contributed by atoms with van der Waals surface area (Å²) in [4.78, 5) is 26.0. The molecule has 1 saturated heterocycles. The van der Waals surface area contributed by atoms with Crippen LogP contribution in [0.25, 0.3) is 6.08 Å². The van der Waals surface area contributed by atoms with Crippen molar-refractivity contribution in [3.05, 3.63) is 107 Å². The normalized spacial score (nSPS) is 14.8. The lowest BCUT2D eigenvalue weighted by molar-refractivity contribution is -0.123. The van der Waals surface area contributed by atoms with Crippen molar-refractivity contribution in [2.24, 2.45) is 0 Å². The van der Waals surface area contributed by atoms with E-state index in [9.17, 15) is 14.0 Å². The number of ether oxygens (including phenoxy) is 1. The molecule has 1 heterocycles. The van der Waals surface area contributed by atoms with E-state index < -0.39 is 6.03 Å². The van der Waals surface area contributed by atoms with Crippen LogP contribution < -0.4 is 10.1 Å². The molecule has 5 nitrogen and oxygen atoms in total. The van der Waals surface area contributed by atoms with Gasteiger partial charge in [0.05, 0.1) is 6.54 Å². The number of carbonyl (C=O) groups excluding carboxylic acids is 2. The first-order valence-electron chi connectivity index (χ1n) is 9.44. The second-order valence-electron chi connectivity index (χ2n) is 6.85. The number of benzene rings is 3. The minimum atomic E-state index is -0.436. The lowest BCUT2D eigenvalue weighted by atomic mass is 10.1. The molecule has 1 aliphatic rings. The Balaban J connectivity index is 1.40. The fourth-order valence-electron chi connectivity index (χ4n) is 3.06. The molecule has 0 spiro atoms. The third kappa shape index (κ3) is 4.55. The van der Waals surface area contributed by atoms with Crippen molar-refractivity contribution in [3.8, 4) is 5.75 Å². The average Bonchev–Trinajstić information content (AvgIpc) is 3.02. The topological polar surface area (TPSA) is 58.6 Å². The monoisotopic (exact) mass is 402 g/mol. The fourth-order valence-corrected chi connectivity index (χ4v) is 3.06. The molecule has 0 aliphatic carbocycles. The predicted octanol–water partition coefficient (Wildman–Crippen LogP) is 4.50. The van der Waals surface area contributed by atoms with Crippen molar-refractivity contribution in [2.45, 2.75) is 13.2 Å². The third-order valence-electron chi connectivity index (χ3n) is 4.66. The molecular weight excluding hydrogens is 383 g/mol. The standard InChI is InChI=1S/C24H19FN2O3/c25-20-10-6-19(7-11-20)16-30-21-12-8-17(9-13-21)14-22-23(28)27(24(29)26-22)15-18-4-2-1-3-5-18/h1-14H,15-16H2,(H,26,29). The lowest BCUT2D eigenvalue weighted by Gasteiger charge is -2.11. The Bertz CT molecular complexity index is 1080. The number of imide groups is 1. The minimum Gasteiger partial charge on any atom is -0.489 e. The molecule has 1 fully saturated rings. The lowest BCUT2D eigenvalue weighted by Crippen LogP contribution is -2.30. The molecule has 0 saturated carbocycles. The van der Waals surface area contributed by atoms with Gasteiger partial charge >= 0.3 is 6.03 Å². The van der Waals surface area contributed by atoms with Gasteiger partial charge in [-0.3, -0.25) is 9.69 Å². The second-order valence-corrected chi connectivity index (χ2v) is 6.85. The van der Waals surface area contributed by atoms with Gasteiger partial charge in [-0.2, -0.15) is 0 Å². The van der Waals surface area contributed by atoms with Crippen LogP contribution in [0.2, 0.25) is 0 Å². The Kier molecular flexibility index (Phi) is 5.57. The van der Waals surface area contributed by atoms with Crippen LogP contribution in [0.15, 0.2) is 84.6 Å². The zero-order valence-corrected chi connectivity index (χ0v) is 16.0. The first-order valence-corrected chi connectivity index (χ1v) is 9.44. The molecule has 3 amide bonds. The number of hydrogen-bond donors (Lipinski definition) is 1. The van der Waals surface area contributed by atoms with Crippen LogP contribution in [0, 0.1) is 5.82 Å². The maximum absolute atomic E-state index is 12.9. The van der Waals surface area contributed by atoms with Gasteiger partial charge in [-0.15, -0.1) is 0 Å². The molecule has 150 valence electrons. The summed E-state index contributed by atoms with van der Waals surface area (Å²) in [6.07, 6.45) is 1.63. The van der Waals surface area contributed by atoms with Gasteiger partial charge in [-0.1, -0.05) is 54.6 Å². The van der Waals surface area contributed by atoms with E-state index in [2.05, 4.69) is 5.32 Å².